The topological polar surface area (TPSA) is 56.0 Å². The molecule has 0 bridgehead atoms. The molecular formula is C14H14N2O. The molecule has 3 heteroatoms. The highest BCUT2D eigenvalue weighted by molar-refractivity contribution is 5.85. The van der Waals surface area contributed by atoms with Gasteiger partial charge in [-0.3, -0.25) is 9.78 Å². The number of nitrogens with two attached hydrogens (primary N) is 1. The fourth-order valence-corrected chi connectivity index (χ4v) is 1.79. The van der Waals surface area contributed by atoms with E-state index >= 15 is 0 Å². The van der Waals surface area contributed by atoms with E-state index in [1.807, 2.05) is 37.3 Å². The van der Waals surface area contributed by atoms with Crippen LogP contribution in [-0.2, 0) is 4.79 Å². The lowest BCUT2D eigenvalue weighted by molar-refractivity contribution is -0.117. The number of fused-ring (bicyclic) bond motifs is 1. The van der Waals surface area contributed by atoms with Crippen LogP contribution < -0.4 is 5.73 Å². The zero-order chi connectivity index (χ0) is 12.3. The summed E-state index contributed by atoms with van der Waals surface area (Å²) in [5, 5.41) is 1.12. The average molecular weight is 226 g/mol. The van der Waals surface area contributed by atoms with Crippen molar-refractivity contribution in [3.05, 3.63) is 47.7 Å². The van der Waals surface area contributed by atoms with Crippen LogP contribution in [0.25, 0.3) is 17.0 Å². The lowest BCUT2D eigenvalue weighted by atomic mass is 10.0. The van der Waals surface area contributed by atoms with Gasteiger partial charge in [-0.25, -0.2) is 0 Å². The van der Waals surface area contributed by atoms with Crippen LogP contribution in [0.15, 0.2) is 36.5 Å². The van der Waals surface area contributed by atoms with E-state index in [4.69, 9.17) is 5.73 Å². The molecule has 0 aliphatic carbocycles. The molecule has 1 aromatic heterocycles. The molecule has 2 N–H and O–H groups in total. The number of nitrogens with zero attached hydrogens (tertiary/aromatic N) is 1. The molecule has 0 saturated carbocycles. The minimum absolute atomic E-state index is 0.264. The van der Waals surface area contributed by atoms with Crippen LogP contribution >= 0.6 is 0 Å². The van der Waals surface area contributed by atoms with Crippen LogP contribution in [0.3, 0.4) is 0 Å². The normalized spacial score (nSPS) is 11.1. The van der Waals surface area contributed by atoms with Gasteiger partial charge >= 0.3 is 0 Å². The van der Waals surface area contributed by atoms with E-state index in [0.717, 1.165) is 22.0 Å². The second-order valence-corrected chi connectivity index (χ2v) is 3.93. The number of aromatic nitrogens is 1. The number of carbonyl (C=O) groups excluding carboxylic acids is 1. The van der Waals surface area contributed by atoms with E-state index in [0.29, 0.717) is 0 Å². The van der Waals surface area contributed by atoms with Crippen molar-refractivity contribution in [3.8, 4) is 0 Å². The summed E-state index contributed by atoms with van der Waals surface area (Å²) < 4.78 is 0. The zero-order valence-corrected chi connectivity index (χ0v) is 9.68. The van der Waals surface area contributed by atoms with Gasteiger partial charge in [0.15, 0.2) is 0 Å². The number of benzene rings is 1. The van der Waals surface area contributed by atoms with Crippen LogP contribution in [0, 0.1) is 6.92 Å². The Labute approximate surface area is 100.0 Å². The molecule has 1 amide bonds. The van der Waals surface area contributed by atoms with Crippen molar-refractivity contribution in [1.82, 2.24) is 4.98 Å². The molecule has 0 spiro atoms. The molecule has 0 fully saturated rings. The van der Waals surface area contributed by atoms with E-state index in [9.17, 15) is 4.79 Å². The van der Waals surface area contributed by atoms with Gasteiger partial charge in [-0.05, 0) is 24.1 Å². The number of rotatable bonds is 3. The molecule has 0 saturated heterocycles. The number of aryl methyl sites for hydroxylation is 1. The summed E-state index contributed by atoms with van der Waals surface area (Å²) in [6.45, 7) is 2.03. The van der Waals surface area contributed by atoms with E-state index in [2.05, 4.69) is 4.98 Å². The van der Waals surface area contributed by atoms with Crippen molar-refractivity contribution >= 4 is 22.9 Å². The predicted molar refractivity (Wildman–Crippen MR) is 69.3 cm³/mol. The van der Waals surface area contributed by atoms with E-state index in [1.54, 1.807) is 12.3 Å². The molecule has 2 rings (SSSR count). The molecule has 0 aliphatic heterocycles. The highest BCUT2D eigenvalue weighted by Crippen LogP contribution is 2.20. The third kappa shape index (κ3) is 2.50. The van der Waals surface area contributed by atoms with Gasteiger partial charge in [0.1, 0.15) is 0 Å². The van der Waals surface area contributed by atoms with Gasteiger partial charge in [-0.15, -0.1) is 0 Å². The van der Waals surface area contributed by atoms with Crippen molar-refractivity contribution in [3.63, 3.8) is 0 Å². The van der Waals surface area contributed by atoms with Gasteiger partial charge in [0.25, 0.3) is 0 Å². The summed E-state index contributed by atoms with van der Waals surface area (Å²) in [5.41, 5.74) is 8.26. The molecular weight excluding hydrogens is 212 g/mol. The molecule has 1 heterocycles. The largest absolute Gasteiger partial charge is 0.369 e. The molecule has 0 radical (unpaired) electrons. The van der Waals surface area contributed by atoms with Crippen molar-refractivity contribution in [2.24, 2.45) is 5.73 Å². The molecule has 17 heavy (non-hydrogen) atoms. The highest BCUT2D eigenvalue weighted by atomic mass is 16.1. The highest BCUT2D eigenvalue weighted by Gasteiger charge is 2.01. The number of primary amides is 1. The zero-order valence-electron chi connectivity index (χ0n) is 9.68. The van der Waals surface area contributed by atoms with Crippen molar-refractivity contribution < 1.29 is 4.79 Å². The van der Waals surface area contributed by atoms with Crippen LogP contribution in [0.4, 0.5) is 0 Å². The summed E-state index contributed by atoms with van der Waals surface area (Å²) in [4.78, 5) is 15.0. The summed E-state index contributed by atoms with van der Waals surface area (Å²) in [6, 6.07) is 8.01. The smallest absolute Gasteiger partial charge is 0.221 e. The maximum Gasteiger partial charge on any atom is 0.221 e. The first-order chi connectivity index (χ1) is 8.18. The lowest BCUT2D eigenvalue weighted by Gasteiger charge is -2.04. The molecule has 0 unspecified atom stereocenters. The first kappa shape index (κ1) is 11.3. The minimum atomic E-state index is -0.321. The van der Waals surface area contributed by atoms with Crippen LogP contribution in [0.5, 0.6) is 0 Å². The second kappa shape index (κ2) is 4.78. The van der Waals surface area contributed by atoms with E-state index in [-0.39, 0.29) is 12.3 Å². The van der Waals surface area contributed by atoms with Crippen molar-refractivity contribution in [1.29, 1.82) is 0 Å². The molecule has 1 aromatic carbocycles. The van der Waals surface area contributed by atoms with Gasteiger partial charge in [0, 0.05) is 18.0 Å². The Bertz CT molecular complexity index is 588. The van der Waals surface area contributed by atoms with Crippen LogP contribution in [0.1, 0.15) is 17.5 Å². The van der Waals surface area contributed by atoms with Crippen molar-refractivity contribution in [2.45, 2.75) is 13.3 Å². The van der Waals surface area contributed by atoms with E-state index < -0.39 is 0 Å². The molecule has 3 nitrogen and oxygen atoms in total. The Morgan fingerprint density at radius 3 is 3.00 bits per heavy atom. The Hall–Kier alpha value is -2.16. The number of pyridine rings is 1. The standard InChI is InChI=1S/C14H14N2O/c1-10-11(4-2-6-13(15)17)7-8-12-5-3-9-16-14(10)12/h2-5,7-9H,6H2,1H3,(H2,15,17). The predicted octanol–water partition coefficient (Wildman–Crippen LogP) is 2.43. The third-order valence-corrected chi connectivity index (χ3v) is 2.69. The third-order valence-electron chi connectivity index (χ3n) is 2.69. The van der Waals surface area contributed by atoms with Gasteiger partial charge in [-0.1, -0.05) is 30.4 Å². The number of amides is 1. The lowest BCUT2D eigenvalue weighted by Crippen LogP contribution is -2.07. The quantitative estimate of drug-likeness (QED) is 0.873. The van der Waals surface area contributed by atoms with Gasteiger partial charge < -0.3 is 5.73 Å². The fourth-order valence-electron chi connectivity index (χ4n) is 1.79. The number of carbonyl (C=O) groups is 1. The molecule has 0 atom stereocenters. The van der Waals surface area contributed by atoms with Gasteiger partial charge in [0.05, 0.1) is 5.52 Å². The molecule has 2 aromatic rings. The van der Waals surface area contributed by atoms with Crippen LogP contribution in [-0.4, -0.2) is 10.9 Å². The summed E-state index contributed by atoms with van der Waals surface area (Å²) in [5.74, 6) is -0.321. The molecule has 86 valence electrons. The monoisotopic (exact) mass is 226 g/mol. The fraction of sp³-hybridized carbons (Fsp3) is 0.143. The first-order valence-corrected chi connectivity index (χ1v) is 5.47. The Balaban J connectivity index is 2.39. The summed E-state index contributed by atoms with van der Waals surface area (Å²) in [6.07, 6.45) is 5.74. The van der Waals surface area contributed by atoms with Gasteiger partial charge in [-0.2, -0.15) is 0 Å². The summed E-state index contributed by atoms with van der Waals surface area (Å²) >= 11 is 0. The number of hydrogen-bond acceptors (Lipinski definition) is 2. The SMILES string of the molecule is Cc1c(C=CCC(N)=O)ccc2cccnc12. The Morgan fingerprint density at radius 2 is 2.24 bits per heavy atom. The van der Waals surface area contributed by atoms with Gasteiger partial charge in [0.2, 0.25) is 5.91 Å². The number of hydrogen-bond donors (Lipinski definition) is 1. The minimum Gasteiger partial charge on any atom is -0.369 e. The maximum absolute atomic E-state index is 10.6. The Morgan fingerprint density at radius 1 is 1.41 bits per heavy atom. The average Bonchev–Trinajstić information content (AvgIpc) is 2.32. The summed E-state index contributed by atoms with van der Waals surface area (Å²) in [7, 11) is 0. The van der Waals surface area contributed by atoms with Crippen LogP contribution in [0.2, 0.25) is 0 Å². The maximum atomic E-state index is 10.6. The second-order valence-electron chi connectivity index (χ2n) is 3.93. The van der Waals surface area contributed by atoms with Crippen molar-refractivity contribution in [2.75, 3.05) is 0 Å². The molecule has 0 aliphatic rings. The van der Waals surface area contributed by atoms with E-state index in [1.165, 1.54) is 0 Å². The first-order valence-electron chi connectivity index (χ1n) is 5.47. The Kier molecular flexibility index (Phi) is 3.19.